The zero-order valence-electron chi connectivity index (χ0n) is 6.05. The standard InChI is InChI=1S/C7H5FN4/c8-7-9-11-12(10-7)6-4-2-1-3-5-6/h1-5H. The van der Waals surface area contributed by atoms with E-state index in [2.05, 4.69) is 15.4 Å². The predicted molar refractivity (Wildman–Crippen MR) is 39.1 cm³/mol. The maximum atomic E-state index is 12.3. The molecule has 0 radical (unpaired) electrons. The van der Waals surface area contributed by atoms with Gasteiger partial charge in [0.2, 0.25) is 0 Å². The van der Waals surface area contributed by atoms with Crippen LogP contribution < -0.4 is 0 Å². The van der Waals surface area contributed by atoms with Gasteiger partial charge in [0, 0.05) is 0 Å². The third-order valence-corrected chi connectivity index (χ3v) is 1.38. The Morgan fingerprint density at radius 3 is 2.50 bits per heavy atom. The van der Waals surface area contributed by atoms with Gasteiger partial charge in [0.25, 0.3) is 0 Å². The number of nitrogens with zero attached hydrogens (tertiary/aromatic N) is 4. The van der Waals surface area contributed by atoms with E-state index in [1.807, 2.05) is 18.2 Å². The summed E-state index contributed by atoms with van der Waals surface area (Å²) in [5.74, 6) is 0. The van der Waals surface area contributed by atoms with Crippen molar-refractivity contribution < 1.29 is 4.39 Å². The average Bonchev–Trinajstić information content (AvgIpc) is 2.54. The highest BCUT2D eigenvalue weighted by Gasteiger charge is 2.00. The van der Waals surface area contributed by atoms with E-state index in [-0.39, 0.29) is 0 Å². The van der Waals surface area contributed by atoms with Gasteiger partial charge in [0.1, 0.15) is 0 Å². The topological polar surface area (TPSA) is 43.6 Å². The second-order valence-electron chi connectivity index (χ2n) is 2.18. The Morgan fingerprint density at radius 2 is 1.92 bits per heavy atom. The van der Waals surface area contributed by atoms with Gasteiger partial charge in [-0.2, -0.15) is 4.39 Å². The Hall–Kier alpha value is -1.78. The van der Waals surface area contributed by atoms with Crippen molar-refractivity contribution in [2.45, 2.75) is 0 Å². The van der Waals surface area contributed by atoms with Crippen LogP contribution in [0.5, 0.6) is 0 Å². The molecule has 0 aliphatic heterocycles. The minimum Gasteiger partial charge on any atom is -0.158 e. The third-order valence-electron chi connectivity index (χ3n) is 1.38. The lowest BCUT2D eigenvalue weighted by atomic mass is 10.3. The van der Waals surface area contributed by atoms with Gasteiger partial charge in [-0.1, -0.05) is 28.4 Å². The number of hydrogen-bond acceptors (Lipinski definition) is 3. The lowest BCUT2D eigenvalue weighted by molar-refractivity contribution is 0.536. The first-order valence-electron chi connectivity index (χ1n) is 3.37. The minimum absolute atomic E-state index is 0.689. The fourth-order valence-electron chi connectivity index (χ4n) is 0.868. The van der Waals surface area contributed by atoms with Gasteiger partial charge < -0.3 is 0 Å². The van der Waals surface area contributed by atoms with E-state index in [1.165, 1.54) is 0 Å². The number of hydrogen-bond donors (Lipinski definition) is 0. The molecule has 0 aliphatic rings. The molecule has 0 saturated carbocycles. The molecule has 60 valence electrons. The molecule has 5 heteroatoms. The summed E-state index contributed by atoms with van der Waals surface area (Å²) in [5, 5.41) is 10.0. The Balaban J connectivity index is 2.45. The number of benzene rings is 1. The van der Waals surface area contributed by atoms with Gasteiger partial charge in [-0.05, 0) is 17.3 Å². The minimum atomic E-state index is -0.821. The summed E-state index contributed by atoms with van der Waals surface area (Å²) >= 11 is 0. The Morgan fingerprint density at radius 1 is 1.17 bits per heavy atom. The highest BCUT2D eigenvalue weighted by Crippen LogP contribution is 2.01. The van der Waals surface area contributed by atoms with E-state index in [9.17, 15) is 4.39 Å². The molecule has 2 rings (SSSR count). The van der Waals surface area contributed by atoms with E-state index in [1.54, 1.807) is 12.1 Å². The zero-order valence-corrected chi connectivity index (χ0v) is 6.05. The summed E-state index contributed by atoms with van der Waals surface area (Å²) in [6, 6.07) is 9.02. The maximum Gasteiger partial charge on any atom is 0.347 e. The molecule has 0 saturated heterocycles. The second-order valence-corrected chi connectivity index (χ2v) is 2.18. The lowest BCUT2D eigenvalue weighted by Crippen LogP contribution is -1.98. The lowest BCUT2D eigenvalue weighted by Gasteiger charge is -1.93. The summed E-state index contributed by atoms with van der Waals surface area (Å²) in [6.45, 7) is 0. The quantitative estimate of drug-likeness (QED) is 0.626. The largest absolute Gasteiger partial charge is 0.347 e. The van der Waals surface area contributed by atoms with Crippen LogP contribution in [0.4, 0.5) is 4.39 Å². The first-order valence-corrected chi connectivity index (χ1v) is 3.37. The van der Waals surface area contributed by atoms with Crippen molar-refractivity contribution in [1.82, 2.24) is 20.2 Å². The summed E-state index contributed by atoms with van der Waals surface area (Å²) in [4.78, 5) is 1.13. The third kappa shape index (κ3) is 1.16. The van der Waals surface area contributed by atoms with Gasteiger partial charge in [-0.15, -0.1) is 4.80 Å². The van der Waals surface area contributed by atoms with Crippen LogP contribution >= 0.6 is 0 Å². The zero-order chi connectivity index (χ0) is 8.39. The van der Waals surface area contributed by atoms with Gasteiger partial charge in [-0.3, -0.25) is 0 Å². The number of para-hydroxylation sites is 1. The van der Waals surface area contributed by atoms with Crippen LogP contribution in [0.15, 0.2) is 30.3 Å². The van der Waals surface area contributed by atoms with Crippen molar-refractivity contribution in [3.63, 3.8) is 0 Å². The van der Waals surface area contributed by atoms with E-state index in [0.29, 0.717) is 5.69 Å². The fraction of sp³-hybridized carbons (Fsp3) is 0. The summed E-state index contributed by atoms with van der Waals surface area (Å²) in [5.41, 5.74) is 0.689. The molecule has 0 N–H and O–H groups in total. The van der Waals surface area contributed by atoms with Gasteiger partial charge in [-0.25, -0.2) is 0 Å². The molecule has 4 nitrogen and oxygen atoms in total. The Kier molecular flexibility index (Phi) is 1.55. The molecule has 1 heterocycles. The highest BCUT2D eigenvalue weighted by molar-refractivity contribution is 5.27. The molecular weight excluding hydrogens is 159 g/mol. The summed E-state index contributed by atoms with van der Waals surface area (Å²) in [7, 11) is 0. The summed E-state index contributed by atoms with van der Waals surface area (Å²) in [6.07, 6.45) is -0.821. The van der Waals surface area contributed by atoms with Crippen LogP contribution in [0.3, 0.4) is 0 Å². The van der Waals surface area contributed by atoms with Gasteiger partial charge in [0.05, 0.1) is 5.69 Å². The van der Waals surface area contributed by atoms with Gasteiger partial charge in [0.15, 0.2) is 0 Å². The monoisotopic (exact) mass is 164 g/mol. The van der Waals surface area contributed by atoms with E-state index in [0.717, 1.165) is 4.80 Å². The van der Waals surface area contributed by atoms with Crippen LogP contribution in [-0.4, -0.2) is 20.2 Å². The van der Waals surface area contributed by atoms with Crippen LogP contribution in [0.25, 0.3) is 5.69 Å². The predicted octanol–water partition coefficient (Wildman–Crippen LogP) is 0.801. The molecule has 0 spiro atoms. The van der Waals surface area contributed by atoms with E-state index >= 15 is 0 Å². The first kappa shape index (κ1) is 6.90. The van der Waals surface area contributed by atoms with Crippen molar-refractivity contribution in [3.8, 4) is 5.69 Å². The maximum absolute atomic E-state index is 12.3. The normalized spacial score (nSPS) is 10.1. The van der Waals surface area contributed by atoms with Gasteiger partial charge >= 0.3 is 6.08 Å². The number of halogens is 1. The molecule has 0 amide bonds. The second kappa shape index (κ2) is 2.69. The van der Waals surface area contributed by atoms with Crippen LogP contribution in [-0.2, 0) is 0 Å². The fourth-order valence-corrected chi connectivity index (χ4v) is 0.868. The smallest absolute Gasteiger partial charge is 0.158 e. The molecular formula is C7H5FN4. The molecule has 0 fully saturated rings. The molecule has 1 aromatic carbocycles. The Bertz CT molecular complexity index is 370. The molecule has 1 aromatic heterocycles. The molecule has 2 aromatic rings. The summed E-state index contributed by atoms with van der Waals surface area (Å²) < 4.78 is 12.3. The molecule has 0 atom stereocenters. The van der Waals surface area contributed by atoms with Crippen LogP contribution in [0.2, 0.25) is 0 Å². The van der Waals surface area contributed by atoms with Crippen molar-refractivity contribution >= 4 is 0 Å². The SMILES string of the molecule is Fc1nnn(-c2ccccc2)n1. The van der Waals surface area contributed by atoms with Crippen LogP contribution in [0.1, 0.15) is 0 Å². The highest BCUT2D eigenvalue weighted by atomic mass is 19.1. The molecule has 0 aliphatic carbocycles. The first-order chi connectivity index (χ1) is 5.86. The molecule has 0 unspecified atom stereocenters. The van der Waals surface area contributed by atoms with Crippen molar-refractivity contribution in [3.05, 3.63) is 36.4 Å². The Labute approximate surface area is 67.6 Å². The number of rotatable bonds is 1. The number of tetrazole rings is 1. The average molecular weight is 164 g/mol. The molecule has 12 heavy (non-hydrogen) atoms. The molecule has 0 bridgehead atoms. The number of aromatic nitrogens is 4. The van der Waals surface area contributed by atoms with Crippen molar-refractivity contribution in [2.75, 3.05) is 0 Å². The van der Waals surface area contributed by atoms with Crippen LogP contribution in [0, 0.1) is 6.08 Å². The van der Waals surface area contributed by atoms with Crippen molar-refractivity contribution in [1.29, 1.82) is 0 Å². The van der Waals surface area contributed by atoms with E-state index < -0.39 is 6.08 Å². The van der Waals surface area contributed by atoms with E-state index in [4.69, 9.17) is 0 Å². The van der Waals surface area contributed by atoms with Crippen molar-refractivity contribution in [2.24, 2.45) is 0 Å².